The standard InChI is InChI=1S/C7H15NO2.ClH/c1-5(2)3-6(4-8)7(9)10;/h5-6H,3-4,8H2,1-2H3,(H,9,10);1H/t6-;/m1./s1. The molecular weight excluding hydrogens is 166 g/mol. The molecule has 0 saturated carbocycles. The first-order valence-corrected chi connectivity index (χ1v) is 3.50. The van der Waals surface area contributed by atoms with Gasteiger partial charge in [-0.15, -0.1) is 12.4 Å². The fraction of sp³-hybridized carbons (Fsp3) is 0.857. The van der Waals surface area contributed by atoms with Gasteiger partial charge in [0.05, 0.1) is 5.92 Å². The molecule has 3 nitrogen and oxygen atoms in total. The smallest absolute Gasteiger partial charge is 0.307 e. The topological polar surface area (TPSA) is 63.3 Å². The maximum absolute atomic E-state index is 10.4. The second kappa shape index (κ2) is 6.43. The van der Waals surface area contributed by atoms with Crippen LogP contribution in [0.1, 0.15) is 20.3 Å². The molecule has 0 rings (SSSR count). The molecule has 0 aliphatic rings. The lowest BCUT2D eigenvalue weighted by Gasteiger charge is -2.10. The SMILES string of the molecule is CC(C)C[C@H](CN)C(=O)O.Cl. The zero-order valence-electron chi connectivity index (χ0n) is 6.91. The van der Waals surface area contributed by atoms with Gasteiger partial charge in [0.15, 0.2) is 0 Å². The normalized spacial score (nSPS) is 12.4. The molecule has 0 aromatic rings. The van der Waals surface area contributed by atoms with Crippen LogP contribution in [0.25, 0.3) is 0 Å². The highest BCUT2D eigenvalue weighted by molar-refractivity contribution is 5.85. The Labute approximate surface area is 73.4 Å². The second-order valence-corrected chi connectivity index (χ2v) is 2.90. The summed E-state index contributed by atoms with van der Waals surface area (Å²) < 4.78 is 0. The number of halogens is 1. The molecule has 0 heterocycles. The summed E-state index contributed by atoms with van der Waals surface area (Å²) in [6, 6.07) is 0. The molecule has 3 N–H and O–H groups in total. The highest BCUT2D eigenvalue weighted by atomic mass is 35.5. The van der Waals surface area contributed by atoms with Gasteiger partial charge in [-0.3, -0.25) is 4.79 Å². The van der Waals surface area contributed by atoms with Gasteiger partial charge in [-0.1, -0.05) is 13.8 Å². The van der Waals surface area contributed by atoms with E-state index in [1.807, 2.05) is 13.8 Å². The van der Waals surface area contributed by atoms with Crippen molar-refractivity contribution in [2.75, 3.05) is 6.54 Å². The number of hydrogen-bond donors (Lipinski definition) is 2. The van der Waals surface area contributed by atoms with Crippen molar-refractivity contribution < 1.29 is 9.90 Å². The number of nitrogens with two attached hydrogens (primary N) is 1. The molecule has 0 bridgehead atoms. The summed E-state index contributed by atoms with van der Waals surface area (Å²) >= 11 is 0. The molecule has 1 atom stereocenters. The molecule has 4 heteroatoms. The molecule has 68 valence electrons. The van der Waals surface area contributed by atoms with Gasteiger partial charge in [-0.25, -0.2) is 0 Å². The van der Waals surface area contributed by atoms with Crippen LogP contribution in [-0.2, 0) is 4.79 Å². The van der Waals surface area contributed by atoms with Crippen molar-refractivity contribution in [2.24, 2.45) is 17.6 Å². The maximum atomic E-state index is 10.4. The van der Waals surface area contributed by atoms with Gasteiger partial charge >= 0.3 is 5.97 Å². The molecule has 0 unspecified atom stereocenters. The third-order valence-electron chi connectivity index (χ3n) is 1.39. The van der Waals surface area contributed by atoms with Gasteiger partial charge < -0.3 is 10.8 Å². The summed E-state index contributed by atoms with van der Waals surface area (Å²) in [5.41, 5.74) is 5.24. The zero-order valence-corrected chi connectivity index (χ0v) is 7.73. The lowest BCUT2D eigenvalue weighted by atomic mass is 9.98. The molecule has 0 aliphatic carbocycles. The number of hydrogen-bond acceptors (Lipinski definition) is 2. The summed E-state index contributed by atoms with van der Waals surface area (Å²) in [4.78, 5) is 10.4. The van der Waals surface area contributed by atoms with Gasteiger partial charge in [0.1, 0.15) is 0 Å². The summed E-state index contributed by atoms with van der Waals surface area (Å²) in [7, 11) is 0. The lowest BCUT2D eigenvalue weighted by molar-refractivity contribution is -0.141. The Morgan fingerprint density at radius 3 is 2.09 bits per heavy atom. The van der Waals surface area contributed by atoms with Crippen LogP contribution in [0.2, 0.25) is 0 Å². The highest BCUT2D eigenvalue weighted by Gasteiger charge is 2.15. The summed E-state index contributed by atoms with van der Waals surface area (Å²) in [5.74, 6) is -0.735. The van der Waals surface area contributed by atoms with Gasteiger partial charge in [0.25, 0.3) is 0 Å². The molecule has 0 aromatic heterocycles. The first-order valence-electron chi connectivity index (χ1n) is 3.50. The fourth-order valence-electron chi connectivity index (χ4n) is 0.867. The van der Waals surface area contributed by atoms with Crippen molar-refractivity contribution in [3.05, 3.63) is 0 Å². The van der Waals surface area contributed by atoms with Gasteiger partial charge in [0, 0.05) is 6.54 Å². The summed E-state index contributed by atoms with van der Waals surface area (Å²) in [5, 5.41) is 8.54. The van der Waals surface area contributed by atoms with E-state index >= 15 is 0 Å². The zero-order chi connectivity index (χ0) is 8.15. The van der Waals surface area contributed by atoms with E-state index in [0.29, 0.717) is 12.3 Å². The van der Waals surface area contributed by atoms with E-state index in [9.17, 15) is 4.79 Å². The fourth-order valence-corrected chi connectivity index (χ4v) is 0.867. The van der Waals surface area contributed by atoms with Crippen molar-refractivity contribution in [1.82, 2.24) is 0 Å². The Hall–Kier alpha value is -0.280. The lowest BCUT2D eigenvalue weighted by Crippen LogP contribution is -2.24. The molecule has 0 aliphatic heterocycles. The third-order valence-corrected chi connectivity index (χ3v) is 1.39. The largest absolute Gasteiger partial charge is 0.481 e. The van der Waals surface area contributed by atoms with E-state index in [0.717, 1.165) is 0 Å². The quantitative estimate of drug-likeness (QED) is 0.683. The minimum atomic E-state index is -0.781. The van der Waals surface area contributed by atoms with E-state index in [2.05, 4.69) is 0 Å². The number of carboxylic acid groups (broad SMARTS) is 1. The van der Waals surface area contributed by atoms with Crippen LogP contribution in [0, 0.1) is 11.8 Å². The molecule has 0 aromatic carbocycles. The Morgan fingerprint density at radius 1 is 1.55 bits per heavy atom. The molecule has 0 radical (unpaired) electrons. The third kappa shape index (κ3) is 6.13. The number of aliphatic carboxylic acids is 1. The number of carbonyl (C=O) groups is 1. The molecule has 11 heavy (non-hydrogen) atoms. The monoisotopic (exact) mass is 181 g/mol. The number of carboxylic acids is 1. The van der Waals surface area contributed by atoms with Crippen LogP contribution in [0.4, 0.5) is 0 Å². The average Bonchev–Trinajstić information content (AvgIpc) is 1.81. The van der Waals surface area contributed by atoms with Crippen molar-refractivity contribution >= 4 is 18.4 Å². The molecular formula is C7H16ClNO2. The van der Waals surface area contributed by atoms with Crippen LogP contribution in [-0.4, -0.2) is 17.6 Å². The predicted molar refractivity (Wildman–Crippen MR) is 46.9 cm³/mol. The van der Waals surface area contributed by atoms with Crippen LogP contribution in [0.5, 0.6) is 0 Å². The predicted octanol–water partition coefficient (Wildman–Crippen LogP) is 1.11. The minimum absolute atomic E-state index is 0. The van der Waals surface area contributed by atoms with E-state index in [4.69, 9.17) is 10.8 Å². The van der Waals surface area contributed by atoms with Crippen LogP contribution in [0.3, 0.4) is 0 Å². The summed E-state index contributed by atoms with van der Waals surface area (Å²) in [6.45, 7) is 4.23. The van der Waals surface area contributed by atoms with Crippen molar-refractivity contribution in [3.8, 4) is 0 Å². The van der Waals surface area contributed by atoms with Crippen molar-refractivity contribution in [3.63, 3.8) is 0 Å². The van der Waals surface area contributed by atoms with E-state index < -0.39 is 5.97 Å². The van der Waals surface area contributed by atoms with Crippen molar-refractivity contribution in [2.45, 2.75) is 20.3 Å². The highest BCUT2D eigenvalue weighted by Crippen LogP contribution is 2.09. The van der Waals surface area contributed by atoms with E-state index in [1.165, 1.54) is 0 Å². The van der Waals surface area contributed by atoms with Crippen LogP contribution < -0.4 is 5.73 Å². The number of rotatable bonds is 4. The summed E-state index contributed by atoms with van der Waals surface area (Å²) in [6.07, 6.45) is 0.672. The Bertz CT molecular complexity index is 117. The molecule has 0 amide bonds. The van der Waals surface area contributed by atoms with E-state index in [1.54, 1.807) is 0 Å². The first kappa shape index (κ1) is 13.3. The average molecular weight is 182 g/mol. The Balaban J connectivity index is 0. The maximum Gasteiger partial charge on any atom is 0.307 e. The van der Waals surface area contributed by atoms with Crippen LogP contribution >= 0.6 is 12.4 Å². The van der Waals surface area contributed by atoms with Gasteiger partial charge in [-0.2, -0.15) is 0 Å². The first-order chi connectivity index (χ1) is 4.57. The Kier molecular flexibility index (Phi) is 7.79. The Morgan fingerprint density at radius 2 is 2.00 bits per heavy atom. The van der Waals surface area contributed by atoms with E-state index in [-0.39, 0.29) is 24.9 Å². The molecule has 0 saturated heterocycles. The second-order valence-electron chi connectivity index (χ2n) is 2.90. The molecule has 0 spiro atoms. The van der Waals surface area contributed by atoms with Gasteiger partial charge in [0.2, 0.25) is 0 Å². The molecule has 0 fully saturated rings. The minimum Gasteiger partial charge on any atom is -0.481 e. The van der Waals surface area contributed by atoms with Crippen LogP contribution in [0.15, 0.2) is 0 Å². The van der Waals surface area contributed by atoms with Crippen molar-refractivity contribution in [1.29, 1.82) is 0 Å². The van der Waals surface area contributed by atoms with Gasteiger partial charge in [-0.05, 0) is 12.3 Å².